The average molecular weight is 352 g/mol. The second kappa shape index (κ2) is 6.88. The monoisotopic (exact) mass is 352 g/mol. The summed E-state index contributed by atoms with van der Waals surface area (Å²) in [6, 6.07) is 19.7. The van der Waals surface area contributed by atoms with Crippen LogP contribution in [0.15, 0.2) is 67.0 Å². The van der Waals surface area contributed by atoms with Crippen LogP contribution in [0.1, 0.15) is 22.3 Å². The number of rotatable bonds is 3. The van der Waals surface area contributed by atoms with Crippen LogP contribution >= 0.6 is 0 Å². The third kappa shape index (κ3) is 3.19. The van der Waals surface area contributed by atoms with Gasteiger partial charge in [0.15, 0.2) is 0 Å². The van der Waals surface area contributed by atoms with E-state index in [0.717, 1.165) is 5.82 Å². The molecule has 1 heterocycles. The maximum absolute atomic E-state index is 4.52. The molecule has 134 valence electrons. The zero-order chi connectivity index (χ0) is 19.0. The first-order chi connectivity index (χ1) is 13.0. The first-order valence-corrected chi connectivity index (χ1v) is 9.32. The van der Waals surface area contributed by atoms with Crippen molar-refractivity contribution in [2.75, 3.05) is 0 Å². The third-order valence-corrected chi connectivity index (χ3v) is 5.10. The number of hydrogen-bond donors (Lipinski definition) is 1. The minimum absolute atomic E-state index is 0.925. The molecule has 0 aliphatic carbocycles. The van der Waals surface area contributed by atoms with Crippen LogP contribution < -0.4 is 0 Å². The highest BCUT2D eigenvalue weighted by atomic mass is 14.9. The predicted octanol–water partition coefficient (Wildman–Crippen LogP) is 6.64. The fraction of sp³-hybridized carbons (Fsp3) is 0.160. The molecule has 2 nitrogen and oxygen atoms in total. The normalized spacial score (nSPS) is 11.0. The van der Waals surface area contributed by atoms with Crippen molar-refractivity contribution >= 4 is 0 Å². The van der Waals surface area contributed by atoms with E-state index >= 15 is 0 Å². The first kappa shape index (κ1) is 17.3. The summed E-state index contributed by atoms with van der Waals surface area (Å²) < 4.78 is 0. The Kier molecular flexibility index (Phi) is 4.41. The van der Waals surface area contributed by atoms with E-state index in [0.29, 0.717) is 0 Å². The van der Waals surface area contributed by atoms with Crippen molar-refractivity contribution < 1.29 is 0 Å². The molecule has 0 atom stereocenters. The molecule has 2 heteroatoms. The zero-order valence-electron chi connectivity index (χ0n) is 16.3. The summed E-state index contributed by atoms with van der Waals surface area (Å²) >= 11 is 0. The lowest BCUT2D eigenvalue weighted by molar-refractivity contribution is 1.26. The van der Waals surface area contributed by atoms with E-state index in [2.05, 4.69) is 92.3 Å². The molecule has 0 radical (unpaired) electrons. The first-order valence-electron chi connectivity index (χ1n) is 9.32. The van der Waals surface area contributed by atoms with Gasteiger partial charge in [0.25, 0.3) is 0 Å². The largest absolute Gasteiger partial charge is 0.345 e. The van der Waals surface area contributed by atoms with Crippen LogP contribution in [-0.2, 0) is 0 Å². The number of benzene rings is 3. The smallest absolute Gasteiger partial charge is 0.137 e. The van der Waals surface area contributed by atoms with Crippen molar-refractivity contribution in [3.63, 3.8) is 0 Å². The number of aromatic nitrogens is 2. The molecular formula is C25H24N2. The van der Waals surface area contributed by atoms with Gasteiger partial charge < -0.3 is 4.98 Å². The molecule has 0 amide bonds. The highest BCUT2D eigenvalue weighted by Gasteiger charge is 2.18. The number of aryl methyl sites for hydroxylation is 3. The second-order valence-corrected chi connectivity index (χ2v) is 7.30. The van der Waals surface area contributed by atoms with Crippen molar-refractivity contribution in [2.45, 2.75) is 27.7 Å². The highest BCUT2D eigenvalue weighted by Crippen LogP contribution is 2.41. The van der Waals surface area contributed by atoms with E-state index in [-0.39, 0.29) is 0 Å². The molecule has 27 heavy (non-hydrogen) atoms. The lowest BCUT2D eigenvalue weighted by Gasteiger charge is -2.19. The van der Waals surface area contributed by atoms with Crippen LogP contribution in [0.5, 0.6) is 0 Å². The molecule has 4 aromatic rings. The molecule has 0 aliphatic heterocycles. The fourth-order valence-corrected chi connectivity index (χ4v) is 4.08. The summed E-state index contributed by atoms with van der Waals surface area (Å²) in [6.45, 7) is 8.70. The number of imidazole rings is 1. The van der Waals surface area contributed by atoms with Gasteiger partial charge in [0.1, 0.15) is 5.82 Å². The molecule has 1 N–H and O–H groups in total. The molecule has 0 bridgehead atoms. The Morgan fingerprint density at radius 3 is 2.07 bits per heavy atom. The van der Waals surface area contributed by atoms with Crippen LogP contribution in [0.4, 0.5) is 0 Å². The van der Waals surface area contributed by atoms with Crippen molar-refractivity contribution in [1.82, 2.24) is 9.97 Å². The summed E-state index contributed by atoms with van der Waals surface area (Å²) in [5, 5.41) is 0. The summed E-state index contributed by atoms with van der Waals surface area (Å²) in [7, 11) is 0. The SMILES string of the molecule is Cc1cc(C)cc(-c2cc(C)c(-c3ncc[nH]3)c(C)c2-c2ccccc2)c1. The number of nitrogens with one attached hydrogen (secondary N) is 1. The fourth-order valence-electron chi connectivity index (χ4n) is 4.08. The molecule has 4 rings (SSSR count). The standard InChI is InChI=1S/C25H24N2/c1-16-12-17(2)14-21(13-16)22-15-18(3)23(25-26-10-11-27-25)19(4)24(22)20-8-6-5-7-9-20/h5-15H,1-4H3,(H,26,27). The molecular weight excluding hydrogens is 328 g/mol. The van der Waals surface area contributed by atoms with Gasteiger partial charge in [0.2, 0.25) is 0 Å². The van der Waals surface area contributed by atoms with Gasteiger partial charge >= 0.3 is 0 Å². The highest BCUT2D eigenvalue weighted by molar-refractivity contribution is 5.91. The Morgan fingerprint density at radius 2 is 1.44 bits per heavy atom. The van der Waals surface area contributed by atoms with Crippen molar-refractivity contribution in [3.8, 4) is 33.6 Å². The van der Waals surface area contributed by atoms with Crippen LogP contribution in [-0.4, -0.2) is 9.97 Å². The molecule has 0 unspecified atom stereocenters. The van der Waals surface area contributed by atoms with E-state index in [1.165, 1.54) is 50.1 Å². The lowest BCUT2D eigenvalue weighted by atomic mass is 9.85. The molecule has 0 saturated heterocycles. The lowest BCUT2D eigenvalue weighted by Crippen LogP contribution is -1.98. The number of H-pyrrole nitrogens is 1. The van der Waals surface area contributed by atoms with Gasteiger partial charge in [-0.15, -0.1) is 0 Å². The minimum atomic E-state index is 0.925. The van der Waals surface area contributed by atoms with E-state index < -0.39 is 0 Å². The second-order valence-electron chi connectivity index (χ2n) is 7.30. The van der Waals surface area contributed by atoms with Gasteiger partial charge in [-0.2, -0.15) is 0 Å². The number of aromatic amines is 1. The van der Waals surface area contributed by atoms with Gasteiger partial charge in [-0.3, -0.25) is 0 Å². The molecule has 0 spiro atoms. The summed E-state index contributed by atoms with van der Waals surface area (Å²) in [5.41, 5.74) is 11.3. The Morgan fingerprint density at radius 1 is 0.741 bits per heavy atom. The number of hydrogen-bond acceptors (Lipinski definition) is 1. The Labute approximate surface area is 160 Å². The van der Waals surface area contributed by atoms with Crippen LogP contribution in [0.25, 0.3) is 33.6 Å². The maximum Gasteiger partial charge on any atom is 0.137 e. The van der Waals surface area contributed by atoms with Crippen LogP contribution in [0, 0.1) is 27.7 Å². The maximum atomic E-state index is 4.52. The molecule has 1 aromatic heterocycles. The summed E-state index contributed by atoms with van der Waals surface area (Å²) in [5.74, 6) is 0.925. The van der Waals surface area contributed by atoms with Gasteiger partial charge in [-0.1, -0.05) is 65.7 Å². The van der Waals surface area contributed by atoms with E-state index in [1.54, 1.807) is 0 Å². The van der Waals surface area contributed by atoms with Crippen LogP contribution in [0.2, 0.25) is 0 Å². The van der Waals surface area contributed by atoms with Crippen molar-refractivity contribution in [2.24, 2.45) is 0 Å². The summed E-state index contributed by atoms with van der Waals surface area (Å²) in [4.78, 5) is 7.80. The van der Waals surface area contributed by atoms with E-state index in [1.807, 2.05) is 12.4 Å². The summed E-state index contributed by atoms with van der Waals surface area (Å²) in [6.07, 6.45) is 3.70. The van der Waals surface area contributed by atoms with Crippen molar-refractivity contribution in [3.05, 3.63) is 89.2 Å². The predicted molar refractivity (Wildman–Crippen MR) is 114 cm³/mol. The van der Waals surface area contributed by atoms with Crippen LogP contribution in [0.3, 0.4) is 0 Å². The minimum Gasteiger partial charge on any atom is -0.345 e. The van der Waals surface area contributed by atoms with Gasteiger partial charge in [0.05, 0.1) is 0 Å². The van der Waals surface area contributed by atoms with E-state index in [4.69, 9.17) is 0 Å². The van der Waals surface area contributed by atoms with Gasteiger partial charge in [-0.05, 0) is 61.1 Å². The van der Waals surface area contributed by atoms with Gasteiger partial charge in [0, 0.05) is 18.0 Å². The molecule has 0 aliphatic rings. The molecule has 0 saturated carbocycles. The Balaban J connectivity index is 2.07. The Bertz CT molecular complexity index is 1070. The third-order valence-electron chi connectivity index (χ3n) is 5.10. The Hall–Kier alpha value is -3.13. The average Bonchev–Trinajstić information content (AvgIpc) is 3.15. The van der Waals surface area contributed by atoms with Gasteiger partial charge in [-0.25, -0.2) is 4.98 Å². The quantitative estimate of drug-likeness (QED) is 0.439. The molecule has 3 aromatic carbocycles. The van der Waals surface area contributed by atoms with Crippen molar-refractivity contribution in [1.29, 1.82) is 0 Å². The molecule has 0 fully saturated rings. The van der Waals surface area contributed by atoms with E-state index in [9.17, 15) is 0 Å². The topological polar surface area (TPSA) is 28.7 Å². The number of nitrogens with zero attached hydrogens (tertiary/aromatic N) is 1. The zero-order valence-corrected chi connectivity index (χ0v) is 16.3.